The molecule has 1 aliphatic heterocycles. The van der Waals surface area contributed by atoms with Gasteiger partial charge in [0.25, 0.3) is 0 Å². The van der Waals surface area contributed by atoms with Crippen LogP contribution in [0.5, 0.6) is 0 Å². The van der Waals surface area contributed by atoms with Crippen molar-refractivity contribution in [1.82, 2.24) is 0 Å². The molecule has 5 atom stereocenters. The molecule has 1 heterocycles. The summed E-state index contributed by atoms with van der Waals surface area (Å²) in [5.41, 5.74) is 0. The molecule has 0 aromatic carbocycles. The van der Waals surface area contributed by atoms with E-state index in [2.05, 4.69) is 27.4 Å². The fourth-order valence-corrected chi connectivity index (χ4v) is 3.40. The lowest BCUT2D eigenvalue weighted by Gasteiger charge is -2.38. The average molecular weight is 296 g/mol. The Bertz CT molecular complexity index is 366. The van der Waals surface area contributed by atoms with Crippen LogP contribution in [0.2, 0.25) is 0 Å². The van der Waals surface area contributed by atoms with E-state index < -0.39 is 6.29 Å². The lowest BCUT2D eigenvalue weighted by molar-refractivity contribution is -0.210. The minimum atomic E-state index is -0.561. The third-order valence-electron chi connectivity index (χ3n) is 4.62. The molecule has 120 valence electrons. The summed E-state index contributed by atoms with van der Waals surface area (Å²) in [4.78, 5) is 11.5. The van der Waals surface area contributed by atoms with Crippen LogP contribution in [-0.2, 0) is 19.0 Å². The lowest BCUT2D eigenvalue weighted by atomic mass is 9.75. The van der Waals surface area contributed by atoms with Crippen molar-refractivity contribution in [3.63, 3.8) is 0 Å². The summed E-state index contributed by atoms with van der Waals surface area (Å²) in [5.74, 6) is 1.53. The highest BCUT2D eigenvalue weighted by Gasteiger charge is 2.41. The monoisotopic (exact) mass is 296 g/mol. The van der Waals surface area contributed by atoms with E-state index in [9.17, 15) is 4.79 Å². The van der Waals surface area contributed by atoms with Crippen LogP contribution in [0, 0.1) is 17.8 Å². The molecular weight excluding hydrogens is 268 g/mol. The van der Waals surface area contributed by atoms with Gasteiger partial charge in [-0.2, -0.15) is 0 Å². The molecule has 0 spiro atoms. The number of esters is 1. The first kappa shape index (κ1) is 16.5. The van der Waals surface area contributed by atoms with E-state index in [1.54, 1.807) is 6.08 Å². The minimum Gasteiger partial charge on any atom is -0.433 e. The van der Waals surface area contributed by atoms with Crippen molar-refractivity contribution in [1.29, 1.82) is 0 Å². The maximum Gasteiger partial charge on any atom is 0.311 e. The number of carbonyl (C=O) groups is 1. The smallest absolute Gasteiger partial charge is 0.311 e. The molecule has 1 saturated carbocycles. The summed E-state index contributed by atoms with van der Waals surface area (Å²) in [6.45, 7) is 10.8. The van der Waals surface area contributed by atoms with Crippen molar-refractivity contribution in [2.75, 3.05) is 6.61 Å². The summed E-state index contributed by atoms with van der Waals surface area (Å²) >= 11 is 0. The van der Waals surface area contributed by atoms with Crippen LogP contribution in [0.3, 0.4) is 0 Å². The first-order chi connectivity index (χ1) is 10.0. The molecule has 21 heavy (non-hydrogen) atoms. The number of cyclic esters (lactones) is 1. The van der Waals surface area contributed by atoms with Gasteiger partial charge in [0.1, 0.15) is 6.10 Å². The Morgan fingerprint density at radius 3 is 2.81 bits per heavy atom. The van der Waals surface area contributed by atoms with Crippen molar-refractivity contribution < 1.29 is 19.0 Å². The molecule has 0 radical (unpaired) electrons. The fourth-order valence-electron chi connectivity index (χ4n) is 3.40. The van der Waals surface area contributed by atoms with Crippen LogP contribution < -0.4 is 0 Å². The van der Waals surface area contributed by atoms with Gasteiger partial charge in [-0.25, -0.2) is 0 Å². The number of ether oxygens (including phenoxy) is 3. The van der Waals surface area contributed by atoms with Crippen molar-refractivity contribution in [3.05, 3.63) is 12.7 Å². The molecule has 2 rings (SSSR count). The molecule has 0 N–H and O–H groups in total. The number of carbonyl (C=O) groups excluding carboxylic acids is 1. The Morgan fingerprint density at radius 1 is 1.38 bits per heavy atom. The molecule has 4 nitrogen and oxygen atoms in total. The van der Waals surface area contributed by atoms with Crippen LogP contribution >= 0.6 is 0 Å². The Kier molecular flexibility index (Phi) is 5.82. The van der Waals surface area contributed by atoms with Gasteiger partial charge in [-0.05, 0) is 30.6 Å². The molecule has 0 amide bonds. The van der Waals surface area contributed by atoms with Crippen LogP contribution in [0.1, 0.15) is 46.5 Å². The van der Waals surface area contributed by atoms with E-state index in [0.717, 1.165) is 6.42 Å². The van der Waals surface area contributed by atoms with Gasteiger partial charge in [0, 0.05) is 0 Å². The highest BCUT2D eigenvalue weighted by molar-refractivity contribution is 5.72. The normalized spacial score (nSPS) is 36.8. The Morgan fingerprint density at radius 2 is 2.14 bits per heavy atom. The first-order valence-electron chi connectivity index (χ1n) is 8.08. The van der Waals surface area contributed by atoms with Gasteiger partial charge >= 0.3 is 5.97 Å². The van der Waals surface area contributed by atoms with Gasteiger partial charge in [-0.1, -0.05) is 33.3 Å². The Labute approximate surface area is 127 Å². The van der Waals surface area contributed by atoms with E-state index in [0.29, 0.717) is 24.4 Å². The van der Waals surface area contributed by atoms with Crippen LogP contribution in [0.15, 0.2) is 12.7 Å². The number of rotatable bonds is 6. The summed E-state index contributed by atoms with van der Waals surface area (Å²) in [5, 5.41) is 0. The molecule has 0 aromatic rings. The Hall–Kier alpha value is -0.870. The third kappa shape index (κ3) is 4.30. The van der Waals surface area contributed by atoms with Crippen LogP contribution in [0.4, 0.5) is 0 Å². The highest BCUT2D eigenvalue weighted by Crippen LogP contribution is 2.37. The number of hydrogen-bond acceptors (Lipinski definition) is 4. The minimum absolute atomic E-state index is 0.152. The highest BCUT2D eigenvalue weighted by atomic mass is 16.7. The lowest BCUT2D eigenvalue weighted by Crippen LogP contribution is -2.40. The zero-order valence-electron chi connectivity index (χ0n) is 13.4. The first-order valence-corrected chi connectivity index (χ1v) is 8.08. The molecule has 0 bridgehead atoms. The van der Waals surface area contributed by atoms with Crippen molar-refractivity contribution >= 4 is 5.97 Å². The molecule has 2 aliphatic rings. The molecule has 1 aliphatic carbocycles. The zero-order valence-corrected chi connectivity index (χ0v) is 13.4. The molecule has 1 saturated heterocycles. The van der Waals surface area contributed by atoms with Gasteiger partial charge in [-0.3, -0.25) is 4.79 Å². The van der Waals surface area contributed by atoms with E-state index >= 15 is 0 Å². The maximum atomic E-state index is 11.5. The predicted octanol–water partition coefficient (Wildman–Crippen LogP) is 3.31. The second-order valence-corrected chi connectivity index (χ2v) is 6.72. The van der Waals surface area contributed by atoms with E-state index in [4.69, 9.17) is 14.2 Å². The second kappa shape index (κ2) is 7.41. The van der Waals surface area contributed by atoms with Gasteiger partial charge in [-0.15, -0.1) is 6.58 Å². The van der Waals surface area contributed by atoms with E-state index in [1.807, 2.05) is 0 Å². The molecular formula is C17H28O4. The van der Waals surface area contributed by atoms with Gasteiger partial charge in [0.2, 0.25) is 6.29 Å². The quantitative estimate of drug-likeness (QED) is 0.557. The third-order valence-corrected chi connectivity index (χ3v) is 4.62. The van der Waals surface area contributed by atoms with E-state index in [1.165, 1.54) is 12.8 Å². The van der Waals surface area contributed by atoms with Gasteiger partial charge in [0.15, 0.2) is 0 Å². The van der Waals surface area contributed by atoms with Crippen molar-refractivity contribution in [2.45, 2.75) is 65.0 Å². The summed E-state index contributed by atoms with van der Waals surface area (Å²) in [6.07, 6.45) is 4.71. The average Bonchev–Trinajstić information content (AvgIpc) is 2.76. The topological polar surface area (TPSA) is 44.8 Å². The second-order valence-electron chi connectivity index (χ2n) is 6.72. The Balaban J connectivity index is 1.99. The SMILES string of the molecule is C=CCO[C@@H]1CC(=O)O[C@H]1O[C@@H]1C[C@H](C)CC[C@H]1C(C)C. The summed E-state index contributed by atoms with van der Waals surface area (Å²) < 4.78 is 17.1. The standard InChI is InChI=1S/C17H28O4/c1-5-8-19-15-10-16(18)21-17(15)20-14-9-12(4)6-7-13(14)11(2)3/h5,11-15,17H,1,6-10H2,2-4H3/t12-,13+,14-,15-,17-/m1/s1. The largest absolute Gasteiger partial charge is 0.433 e. The molecule has 2 fully saturated rings. The van der Waals surface area contributed by atoms with Crippen molar-refractivity contribution in [3.8, 4) is 0 Å². The van der Waals surface area contributed by atoms with Crippen LogP contribution in [0.25, 0.3) is 0 Å². The zero-order chi connectivity index (χ0) is 15.4. The molecule has 0 unspecified atom stereocenters. The maximum absolute atomic E-state index is 11.5. The van der Waals surface area contributed by atoms with E-state index in [-0.39, 0.29) is 24.6 Å². The van der Waals surface area contributed by atoms with Crippen LogP contribution in [-0.4, -0.2) is 31.1 Å². The van der Waals surface area contributed by atoms with Gasteiger partial charge in [0.05, 0.1) is 19.1 Å². The summed E-state index contributed by atoms with van der Waals surface area (Å²) in [6, 6.07) is 0. The fraction of sp³-hybridized carbons (Fsp3) is 0.824. The summed E-state index contributed by atoms with van der Waals surface area (Å²) in [7, 11) is 0. The van der Waals surface area contributed by atoms with Crippen molar-refractivity contribution in [2.24, 2.45) is 17.8 Å². The molecule has 0 aromatic heterocycles. The predicted molar refractivity (Wildman–Crippen MR) is 80.7 cm³/mol. The number of hydrogen-bond donors (Lipinski definition) is 0. The van der Waals surface area contributed by atoms with Gasteiger partial charge < -0.3 is 14.2 Å². The molecule has 4 heteroatoms.